The number of benzene rings is 1. The minimum absolute atomic E-state index is 0.245. The van der Waals surface area contributed by atoms with Crippen molar-refractivity contribution >= 4 is 5.69 Å². The molecule has 1 aliphatic rings. The van der Waals surface area contributed by atoms with Crippen LogP contribution >= 0.6 is 0 Å². The fraction of sp³-hybridized carbons (Fsp3) is 0.571. The zero-order chi connectivity index (χ0) is 12.3. The highest BCUT2D eigenvalue weighted by Crippen LogP contribution is 2.31. The van der Waals surface area contributed by atoms with E-state index in [9.17, 15) is 5.11 Å². The maximum absolute atomic E-state index is 9.53. The fourth-order valence-corrected chi connectivity index (χ4v) is 2.72. The average Bonchev–Trinajstić information content (AvgIpc) is 2.71. The number of hydrogen-bond acceptors (Lipinski definition) is 3. The molecule has 0 spiro atoms. The number of nitrogens with zero attached hydrogens (tertiary/aromatic N) is 1. The fourth-order valence-electron chi connectivity index (χ4n) is 2.72. The Morgan fingerprint density at radius 1 is 1.41 bits per heavy atom. The summed E-state index contributed by atoms with van der Waals surface area (Å²) in [6.07, 6.45) is 1.17. The highest BCUT2D eigenvalue weighted by molar-refractivity contribution is 5.55. The van der Waals surface area contributed by atoms with Gasteiger partial charge < -0.3 is 15.3 Å². The molecule has 1 heterocycles. The predicted molar refractivity (Wildman–Crippen MR) is 71.2 cm³/mol. The van der Waals surface area contributed by atoms with Crippen molar-refractivity contribution in [3.8, 4) is 0 Å². The average molecular weight is 234 g/mol. The van der Waals surface area contributed by atoms with Gasteiger partial charge in [0.05, 0.1) is 12.6 Å². The van der Waals surface area contributed by atoms with Crippen molar-refractivity contribution in [1.29, 1.82) is 0 Å². The Bertz CT molecular complexity index is 367. The number of rotatable bonds is 4. The van der Waals surface area contributed by atoms with Crippen LogP contribution in [0.5, 0.6) is 0 Å². The van der Waals surface area contributed by atoms with Crippen LogP contribution in [0, 0.1) is 5.92 Å². The zero-order valence-corrected chi connectivity index (χ0v) is 10.7. The molecule has 17 heavy (non-hydrogen) atoms. The molecule has 2 rings (SSSR count). The van der Waals surface area contributed by atoms with Crippen LogP contribution in [0.1, 0.15) is 18.9 Å². The molecule has 1 fully saturated rings. The summed E-state index contributed by atoms with van der Waals surface area (Å²) in [5, 5.41) is 12.7. The first-order valence-corrected chi connectivity index (χ1v) is 6.38. The topological polar surface area (TPSA) is 35.5 Å². The van der Waals surface area contributed by atoms with Gasteiger partial charge >= 0.3 is 0 Å². The number of aliphatic hydroxyl groups excluding tert-OH is 1. The Labute approximate surface area is 103 Å². The Hall–Kier alpha value is -1.06. The van der Waals surface area contributed by atoms with Gasteiger partial charge in [0.2, 0.25) is 0 Å². The maximum atomic E-state index is 9.53. The number of para-hydroxylation sites is 1. The van der Waals surface area contributed by atoms with Gasteiger partial charge in [-0.25, -0.2) is 0 Å². The number of aliphatic hydroxyl groups is 1. The lowest BCUT2D eigenvalue weighted by molar-refractivity contribution is 0.244. The SMILES string of the molecule is CNCc1ccccc1N1CCC(C)C1CO. The molecule has 2 N–H and O–H groups in total. The summed E-state index contributed by atoms with van der Waals surface area (Å²) in [5.41, 5.74) is 2.58. The molecule has 2 unspecified atom stereocenters. The van der Waals surface area contributed by atoms with E-state index in [1.807, 2.05) is 7.05 Å². The van der Waals surface area contributed by atoms with E-state index >= 15 is 0 Å². The molecular weight excluding hydrogens is 212 g/mol. The zero-order valence-electron chi connectivity index (χ0n) is 10.7. The van der Waals surface area contributed by atoms with Crippen molar-refractivity contribution in [2.75, 3.05) is 25.1 Å². The van der Waals surface area contributed by atoms with E-state index in [4.69, 9.17) is 0 Å². The largest absolute Gasteiger partial charge is 0.394 e. The van der Waals surface area contributed by atoms with E-state index in [0.29, 0.717) is 5.92 Å². The molecule has 0 aromatic heterocycles. The molecule has 3 nitrogen and oxygen atoms in total. The molecule has 94 valence electrons. The van der Waals surface area contributed by atoms with Crippen LogP contribution in [0.2, 0.25) is 0 Å². The predicted octanol–water partition coefficient (Wildman–Crippen LogP) is 1.61. The first-order valence-electron chi connectivity index (χ1n) is 6.38. The van der Waals surface area contributed by atoms with E-state index in [-0.39, 0.29) is 12.6 Å². The molecular formula is C14H22N2O. The van der Waals surface area contributed by atoms with Crippen LogP contribution in [-0.2, 0) is 6.54 Å². The maximum Gasteiger partial charge on any atom is 0.0637 e. The second kappa shape index (κ2) is 5.52. The van der Waals surface area contributed by atoms with Crippen LogP contribution in [0.3, 0.4) is 0 Å². The summed E-state index contributed by atoms with van der Waals surface area (Å²) in [6, 6.07) is 8.74. The molecule has 1 aliphatic heterocycles. The standard InChI is InChI=1S/C14H22N2O/c1-11-7-8-16(14(11)10-17)13-6-4-3-5-12(13)9-15-2/h3-6,11,14-15,17H,7-10H2,1-2H3. The Kier molecular flexibility index (Phi) is 4.02. The number of nitrogens with one attached hydrogen (secondary N) is 1. The van der Waals surface area contributed by atoms with Crippen LogP contribution in [0.15, 0.2) is 24.3 Å². The third kappa shape index (κ3) is 2.45. The summed E-state index contributed by atoms with van der Waals surface area (Å²) in [7, 11) is 1.97. The minimum Gasteiger partial charge on any atom is -0.394 e. The summed E-state index contributed by atoms with van der Waals surface area (Å²) in [4.78, 5) is 2.36. The first-order chi connectivity index (χ1) is 8.27. The highest BCUT2D eigenvalue weighted by Gasteiger charge is 2.31. The number of anilines is 1. The van der Waals surface area contributed by atoms with E-state index < -0.39 is 0 Å². The third-order valence-electron chi connectivity index (χ3n) is 3.74. The molecule has 0 aliphatic carbocycles. The lowest BCUT2D eigenvalue weighted by Gasteiger charge is -2.29. The summed E-state index contributed by atoms with van der Waals surface area (Å²) in [6.45, 7) is 4.39. The lowest BCUT2D eigenvalue weighted by atomic mass is 10.0. The van der Waals surface area contributed by atoms with E-state index in [1.165, 1.54) is 17.7 Å². The van der Waals surface area contributed by atoms with Gasteiger partial charge in [0, 0.05) is 18.8 Å². The third-order valence-corrected chi connectivity index (χ3v) is 3.74. The Balaban J connectivity index is 2.27. The second-order valence-corrected chi connectivity index (χ2v) is 4.87. The van der Waals surface area contributed by atoms with Crippen molar-refractivity contribution in [2.24, 2.45) is 5.92 Å². The van der Waals surface area contributed by atoms with Gasteiger partial charge in [0.15, 0.2) is 0 Å². The van der Waals surface area contributed by atoms with Crippen molar-refractivity contribution in [1.82, 2.24) is 5.32 Å². The van der Waals surface area contributed by atoms with Gasteiger partial charge in [-0.2, -0.15) is 0 Å². The number of hydrogen-bond donors (Lipinski definition) is 2. The van der Waals surface area contributed by atoms with Crippen molar-refractivity contribution in [2.45, 2.75) is 25.9 Å². The molecule has 0 amide bonds. The van der Waals surface area contributed by atoms with Gasteiger partial charge in [-0.05, 0) is 31.0 Å². The Morgan fingerprint density at radius 2 is 2.18 bits per heavy atom. The quantitative estimate of drug-likeness (QED) is 0.831. The Morgan fingerprint density at radius 3 is 2.88 bits per heavy atom. The van der Waals surface area contributed by atoms with Crippen molar-refractivity contribution in [3.63, 3.8) is 0 Å². The minimum atomic E-state index is 0.245. The van der Waals surface area contributed by atoms with Crippen molar-refractivity contribution in [3.05, 3.63) is 29.8 Å². The molecule has 0 saturated carbocycles. The van der Waals surface area contributed by atoms with Gasteiger partial charge in [-0.1, -0.05) is 25.1 Å². The summed E-state index contributed by atoms with van der Waals surface area (Å²) < 4.78 is 0. The van der Waals surface area contributed by atoms with Crippen LogP contribution in [0.25, 0.3) is 0 Å². The van der Waals surface area contributed by atoms with Crippen LogP contribution < -0.4 is 10.2 Å². The summed E-state index contributed by atoms with van der Waals surface area (Å²) in [5.74, 6) is 0.572. The smallest absolute Gasteiger partial charge is 0.0637 e. The molecule has 1 aromatic carbocycles. The molecule has 1 aromatic rings. The van der Waals surface area contributed by atoms with Crippen molar-refractivity contribution < 1.29 is 5.11 Å². The first kappa shape index (κ1) is 12.4. The van der Waals surface area contributed by atoms with Gasteiger partial charge in [-0.15, -0.1) is 0 Å². The molecule has 2 atom stereocenters. The van der Waals surface area contributed by atoms with E-state index in [1.54, 1.807) is 0 Å². The summed E-state index contributed by atoms with van der Waals surface area (Å²) >= 11 is 0. The second-order valence-electron chi connectivity index (χ2n) is 4.87. The normalized spacial score (nSPS) is 24.3. The molecule has 0 bridgehead atoms. The lowest BCUT2D eigenvalue weighted by Crippen LogP contribution is -2.36. The monoisotopic (exact) mass is 234 g/mol. The van der Waals surface area contributed by atoms with Crippen LogP contribution in [0.4, 0.5) is 5.69 Å². The molecule has 1 saturated heterocycles. The van der Waals surface area contributed by atoms with E-state index in [0.717, 1.165) is 13.1 Å². The molecule has 0 radical (unpaired) electrons. The van der Waals surface area contributed by atoms with Gasteiger partial charge in [0.25, 0.3) is 0 Å². The van der Waals surface area contributed by atoms with Gasteiger partial charge in [0.1, 0.15) is 0 Å². The van der Waals surface area contributed by atoms with E-state index in [2.05, 4.69) is 41.4 Å². The molecule has 3 heteroatoms. The highest BCUT2D eigenvalue weighted by atomic mass is 16.3. The van der Waals surface area contributed by atoms with Gasteiger partial charge in [-0.3, -0.25) is 0 Å². The van der Waals surface area contributed by atoms with Crippen LogP contribution in [-0.4, -0.2) is 31.3 Å².